The molecule has 0 aliphatic carbocycles. The van der Waals surface area contributed by atoms with Crippen molar-refractivity contribution in [2.45, 2.75) is 11.8 Å². The van der Waals surface area contributed by atoms with E-state index in [1.807, 2.05) is 6.92 Å². The van der Waals surface area contributed by atoms with E-state index in [9.17, 15) is 8.42 Å². The quantitative estimate of drug-likeness (QED) is 0.620. The molecule has 0 aliphatic rings. The van der Waals surface area contributed by atoms with Crippen LogP contribution in [0.4, 0.5) is 0 Å². The first kappa shape index (κ1) is 17.6. The van der Waals surface area contributed by atoms with Gasteiger partial charge in [0.2, 0.25) is 0 Å². The molecule has 0 aromatic heterocycles. The van der Waals surface area contributed by atoms with Crippen molar-refractivity contribution >= 4 is 39.4 Å². The van der Waals surface area contributed by atoms with Crippen molar-refractivity contribution in [1.29, 1.82) is 0 Å². The summed E-state index contributed by atoms with van der Waals surface area (Å²) in [5, 5.41) is 4.38. The van der Waals surface area contributed by atoms with Crippen LogP contribution in [0.15, 0.2) is 52.5 Å². The predicted molar refractivity (Wildman–Crippen MR) is 92.0 cm³/mol. The highest BCUT2D eigenvalue weighted by Gasteiger charge is 2.12. The molecule has 1 N–H and O–H groups in total. The maximum atomic E-state index is 12.1. The van der Waals surface area contributed by atoms with Gasteiger partial charge in [0.25, 0.3) is 10.0 Å². The average molecular weight is 373 g/mol. The molecule has 0 bridgehead atoms. The van der Waals surface area contributed by atoms with Crippen LogP contribution in [0.3, 0.4) is 0 Å². The van der Waals surface area contributed by atoms with Crippen LogP contribution in [0.5, 0.6) is 5.75 Å². The van der Waals surface area contributed by atoms with E-state index in [1.165, 1.54) is 18.3 Å². The third-order valence-corrected chi connectivity index (χ3v) is 4.88. The van der Waals surface area contributed by atoms with Gasteiger partial charge in [-0.1, -0.05) is 35.3 Å². The zero-order valence-corrected chi connectivity index (χ0v) is 14.5. The zero-order chi connectivity index (χ0) is 16.9. The number of rotatable bonds is 6. The van der Waals surface area contributed by atoms with Crippen molar-refractivity contribution in [3.63, 3.8) is 0 Å². The molecule has 0 aliphatic heterocycles. The number of hydrogen-bond acceptors (Lipinski definition) is 4. The summed E-state index contributed by atoms with van der Waals surface area (Å²) >= 11 is 11.9. The number of nitrogens with one attached hydrogen (secondary N) is 1. The molecule has 0 spiro atoms. The third-order valence-electron chi connectivity index (χ3n) is 2.80. The molecule has 23 heavy (non-hydrogen) atoms. The first-order valence-electron chi connectivity index (χ1n) is 6.66. The maximum Gasteiger partial charge on any atom is 0.276 e. The largest absolute Gasteiger partial charge is 0.494 e. The van der Waals surface area contributed by atoms with Crippen molar-refractivity contribution in [1.82, 2.24) is 4.83 Å². The van der Waals surface area contributed by atoms with Crippen molar-refractivity contribution in [2.24, 2.45) is 5.10 Å². The lowest BCUT2D eigenvalue weighted by molar-refractivity contribution is 0.340. The number of hydrazone groups is 1. The Morgan fingerprint density at radius 2 is 1.87 bits per heavy atom. The second-order valence-electron chi connectivity index (χ2n) is 4.40. The summed E-state index contributed by atoms with van der Waals surface area (Å²) in [4.78, 5) is 2.20. The van der Waals surface area contributed by atoms with E-state index in [0.717, 1.165) is 0 Å². The van der Waals surface area contributed by atoms with Gasteiger partial charge in [0.1, 0.15) is 5.75 Å². The Kier molecular flexibility index (Phi) is 5.87. The molecule has 2 aromatic carbocycles. The van der Waals surface area contributed by atoms with E-state index in [0.29, 0.717) is 28.0 Å². The first-order chi connectivity index (χ1) is 10.9. The fourth-order valence-corrected chi connectivity index (χ4v) is 2.87. The highest BCUT2D eigenvalue weighted by atomic mass is 35.5. The van der Waals surface area contributed by atoms with Crippen LogP contribution >= 0.6 is 23.2 Å². The molecule has 2 rings (SSSR count). The molecule has 0 atom stereocenters. The third kappa shape index (κ3) is 4.60. The van der Waals surface area contributed by atoms with Crippen LogP contribution in [-0.2, 0) is 10.0 Å². The van der Waals surface area contributed by atoms with Crippen molar-refractivity contribution in [3.05, 3.63) is 58.1 Å². The molecule has 0 saturated heterocycles. The minimum Gasteiger partial charge on any atom is -0.494 e. The van der Waals surface area contributed by atoms with Crippen LogP contribution in [0.1, 0.15) is 12.5 Å². The van der Waals surface area contributed by atoms with Crippen molar-refractivity contribution in [2.75, 3.05) is 6.61 Å². The van der Waals surface area contributed by atoms with Gasteiger partial charge in [-0.25, -0.2) is 4.83 Å². The molecule has 122 valence electrons. The van der Waals surface area contributed by atoms with Gasteiger partial charge in [0.15, 0.2) is 0 Å². The molecule has 0 radical (unpaired) electrons. The van der Waals surface area contributed by atoms with E-state index < -0.39 is 10.0 Å². The van der Waals surface area contributed by atoms with Crippen LogP contribution in [-0.4, -0.2) is 21.2 Å². The molecule has 0 fully saturated rings. The van der Waals surface area contributed by atoms with Gasteiger partial charge >= 0.3 is 0 Å². The van der Waals surface area contributed by atoms with Crippen LogP contribution in [0.2, 0.25) is 10.0 Å². The second-order valence-corrected chi connectivity index (χ2v) is 6.85. The van der Waals surface area contributed by atoms with E-state index in [2.05, 4.69) is 9.93 Å². The van der Waals surface area contributed by atoms with Crippen LogP contribution in [0.25, 0.3) is 0 Å². The smallest absolute Gasteiger partial charge is 0.276 e. The molecular weight excluding hydrogens is 359 g/mol. The van der Waals surface area contributed by atoms with Gasteiger partial charge in [-0.2, -0.15) is 13.5 Å². The summed E-state index contributed by atoms with van der Waals surface area (Å²) in [6.45, 7) is 2.36. The maximum absolute atomic E-state index is 12.1. The monoisotopic (exact) mass is 372 g/mol. The molecule has 0 heterocycles. The van der Waals surface area contributed by atoms with Crippen LogP contribution in [0, 0.1) is 0 Å². The molecule has 0 saturated carbocycles. The van der Waals surface area contributed by atoms with Gasteiger partial charge in [-0.15, -0.1) is 0 Å². The topological polar surface area (TPSA) is 67.8 Å². The Bertz CT molecular complexity index is 806. The summed E-state index contributed by atoms with van der Waals surface area (Å²) in [7, 11) is -3.76. The Morgan fingerprint density at radius 3 is 2.52 bits per heavy atom. The Balaban J connectivity index is 2.12. The molecule has 0 amide bonds. The van der Waals surface area contributed by atoms with Gasteiger partial charge in [-0.3, -0.25) is 0 Å². The molecule has 8 heteroatoms. The molecule has 0 unspecified atom stereocenters. The molecular formula is C15H14Cl2N2O3S. The summed E-state index contributed by atoms with van der Waals surface area (Å²) in [6.07, 6.45) is 1.29. The fourth-order valence-electron chi connectivity index (χ4n) is 1.72. The Hall–Kier alpha value is -1.76. The van der Waals surface area contributed by atoms with Gasteiger partial charge in [0, 0.05) is 5.56 Å². The van der Waals surface area contributed by atoms with Gasteiger partial charge < -0.3 is 4.74 Å². The number of benzene rings is 2. The zero-order valence-electron chi connectivity index (χ0n) is 12.2. The minimum atomic E-state index is -3.76. The number of nitrogens with zero attached hydrogens (tertiary/aromatic N) is 1. The first-order valence-corrected chi connectivity index (χ1v) is 8.89. The Labute approximate surface area is 144 Å². The normalized spacial score (nSPS) is 11.6. The van der Waals surface area contributed by atoms with Gasteiger partial charge in [-0.05, 0) is 37.3 Å². The highest BCUT2D eigenvalue weighted by Crippen LogP contribution is 2.24. The van der Waals surface area contributed by atoms with Crippen LogP contribution < -0.4 is 9.57 Å². The van der Waals surface area contributed by atoms with Crippen molar-refractivity contribution in [3.8, 4) is 5.75 Å². The number of hydrogen-bond donors (Lipinski definition) is 1. The van der Waals surface area contributed by atoms with E-state index in [1.54, 1.807) is 30.3 Å². The summed E-state index contributed by atoms with van der Waals surface area (Å²) < 4.78 is 29.5. The molecule has 5 nitrogen and oxygen atoms in total. The predicted octanol–water partition coefficient (Wildman–Crippen LogP) is 3.70. The van der Waals surface area contributed by atoms with E-state index in [4.69, 9.17) is 27.9 Å². The van der Waals surface area contributed by atoms with E-state index in [-0.39, 0.29) is 4.90 Å². The number of ether oxygens (including phenoxy) is 1. The second kappa shape index (κ2) is 7.68. The summed E-state index contributed by atoms with van der Waals surface area (Å²) in [5.41, 5.74) is 0.508. The standard InChI is InChI=1S/C15H14Cl2N2O3S/c1-2-22-12-6-8-13(9-7-12)23(20,21)19-18-10-11-4-3-5-14(16)15(11)17/h3-10,19H,2H2,1H3/b18-10+. The van der Waals surface area contributed by atoms with Crippen molar-refractivity contribution < 1.29 is 13.2 Å². The lowest BCUT2D eigenvalue weighted by atomic mass is 10.2. The minimum absolute atomic E-state index is 0.0790. The van der Waals surface area contributed by atoms with Gasteiger partial charge in [0.05, 0.1) is 27.8 Å². The summed E-state index contributed by atoms with van der Waals surface area (Å²) in [6, 6.07) is 11.0. The summed E-state index contributed by atoms with van der Waals surface area (Å²) in [5.74, 6) is 0.598. The fraction of sp³-hybridized carbons (Fsp3) is 0.133. The highest BCUT2D eigenvalue weighted by molar-refractivity contribution is 7.89. The SMILES string of the molecule is CCOc1ccc(S(=O)(=O)N/N=C/c2cccc(Cl)c2Cl)cc1. The number of halogens is 2. The number of sulfonamides is 1. The van der Waals surface area contributed by atoms with E-state index >= 15 is 0 Å². The average Bonchev–Trinajstić information content (AvgIpc) is 2.52. The Morgan fingerprint density at radius 1 is 1.17 bits per heavy atom. The lowest BCUT2D eigenvalue weighted by Crippen LogP contribution is -2.18. The molecule has 2 aromatic rings. The lowest BCUT2D eigenvalue weighted by Gasteiger charge is -2.06.